The Morgan fingerprint density at radius 2 is 1.62 bits per heavy atom. The molecule has 1 aromatic heterocycles. The van der Waals surface area contributed by atoms with Gasteiger partial charge < -0.3 is 14.5 Å². The maximum absolute atomic E-state index is 12.6. The molecule has 1 fully saturated rings. The fourth-order valence-corrected chi connectivity index (χ4v) is 4.22. The van der Waals surface area contributed by atoms with E-state index in [9.17, 15) is 4.79 Å². The average molecular weight is 453 g/mol. The van der Waals surface area contributed by atoms with Gasteiger partial charge >= 0.3 is 0 Å². The van der Waals surface area contributed by atoms with E-state index in [2.05, 4.69) is 52.4 Å². The van der Waals surface area contributed by atoms with Crippen molar-refractivity contribution in [1.29, 1.82) is 0 Å². The molecule has 172 valence electrons. The van der Waals surface area contributed by atoms with Crippen LogP contribution in [0.3, 0.4) is 0 Å². The van der Waals surface area contributed by atoms with Gasteiger partial charge in [-0.05, 0) is 66.1 Å². The molecule has 3 aromatic carbocycles. The lowest BCUT2D eigenvalue weighted by atomic mass is 10.1. The molecule has 0 spiro atoms. The molecule has 4 aromatic rings. The maximum Gasteiger partial charge on any atom is 0.260 e. The van der Waals surface area contributed by atoms with Crippen molar-refractivity contribution >= 4 is 22.5 Å². The molecule has 6 nitrogen and oxygen atoms in total. The topological polar surface area (TPSA) is 58.6 Å². The number of carbonyl (C=O) groups excluding carboxylic acids is 1. The van der Waals surface area contributed by atoms with Crippen LogP contribution in [0.2, 0.25) is 0 Å². The summed E-state index contributed by atoms with van der Waals surface area (Å²) in [6.07, 6.45) is 0. The molecule has 0 aliphatic carbocycles. The van der Waals surface area contributed by atoms with Gasteiger partial charge in [0, 0.05) is 31.7 Å². The molecule has 1 saturated heterocycles. The van der Waals surface area contributed by atoms with Gasteiger partial charge in [-0.1, -0.05) is 42.5 Å². The predicted octanol–water partition coefficient (Wildman–Crippen LogP) is 4.64. The van der Waals surface area contributed by atoms with Crippen LogP contribution in [0, 0.1) is 13.8 Å². The minimum Gasteiger partial charge on any atom is -0.484 e. The number of anilines is 1. The molecule has 0 saturated carbocycles. The number of hydrogen-bond donors (Lipinski definition) is 0. The zero-order valence-electron chi connectivity index (χ0n) is 19.6. The van der Waals surface area contributed by atoms with Crippen LogP contribution in [-0.4, -0.2) is 53.8 Å². The van der Waals surface area contributed by atoms with Crippen molar-refractivity contribution in [3.8, 4) is 17.0 Å². The highest BCUT2D eigenvalue weighted by Gasteiger charge is 2.22. The van der Waals surface area contributed by atoms with Crippen molar-refractivity contribution in [3.63, 3.8) is 0 Å². The highest BCUT2D eigenvalue weighted by atomic mass is 16.5. The number of nitrogens with zero attached hydrogens (tertiary/aromatic N) is 4. The van der Waals surface area contributed by atoms with Gasteiger partial charge in [0.25, 0.3) is 5.91 Å². The number of carbonyl (C=O) groups is 1. The summed E-state index contributed by atoms with van der Waals surface area (Å²) in [5.74, 6) is 1.58. The fourth-order valence-electron chi connectivity index (χ4n) is 4.22. The molecule has 1 amide bonds. The average Bonchev–Trinajstić information content (AvgIpc) is 2.89. The van der Waals surface area contributed by atoms with Gasteiger partial charge in [0.15, 0.2) is 12.4 Å². The van der Waals surface area contributed by atoms with Crippen molar-refractivity contribution in [2.45, 2.75) is 13.8 Å². The molecule has 0 bridgehead atoms. The number of ether oxygens (including phenoxy) is 1. The first kappa shape index (κ1) is 21.9. The summed E-state index contributed by atoms with van der Waals surface area (Å²) in [6, 6.07) is 24.6. The highest BCUT2D eigenvalue weighted by molar-refractivity contribution is 5.86. The molecule has 0 N–H and O–H groups in total. The van der Waals surface area contributed by atoms with E-state index in [1.54, 1.807) is 0 Å². The van der Waals surface area contributed by atoms with Gasteiger partial charge in [0.2, 0.25) is 0 Å². The smallest absolute Gasteiger partial charge is 0.260 e. The lowest BCUT2D eigenvalue weighted by Gasteiger charge is -2.35. The number of amides is 1. The summed E-state index contributed by atoms with van der Waals surface area (Å²) >= 11 is 0. The second-order valence-electron chi connectivity index (χ2n) is 8.74. The van der Waals surface area contributed by atoms with Gasteiger partial charge in [-0.2, -0.15) is 0 Å². The number of benzene rings is 3. The van der Waals surface area contributed by atoms with E-state index in [0.717, 1.165) is 41.5 Å². The van der Waals surface area contributed by atoms with Crippen LogP contribution in [0.15, 0.2) is 72.8 Å². The number of aryl methyl sites for hydroxylation is 2. The van der Waals surface area contributed by atoms with Crippen molar-refractivity contribution in [2.75, 3.05) is 37.7 Å². The second-order valence-corrected chi connectivity index (χ2v) is 8.74. The lowest BCUT2D eigenvalue weighted by Crippen LogP contribution is -2.50. The molecule has 6 heteroatoms. The van der Waals surface area contributed by atoms with Gasteiger partial charge in [-0.3, -0.25) is 4.79 Å². The standard InChI is InChI=1S/C28H28N4O2/c1-20-7-10-25(17-21(20)2)34-19-28(33)32-15-13-31(14-16-32)27-12-11-26(29-30-27)24-9-8-22-5-3-4-6-23(22)18-24/h3-12,17-18H,13-16,19H2,1-2H3. The zero-order chi connectivity index (χ0) is 23.5. The Morgan fingerprint density at radius 1 is 0.824 bits per heavy atom. The van der Waals surface area contributed by atoms with E-state index in [4.69, 9.17) is 4.74 Å². The van der Waals surface area contributed by atoms with Gasteiger partial charge in [-0.15, -0.1) is 10.2 Å². The molecule has 1 aliphatic heterocycles. The molecule has 0 radical (unpaired) electrons. The Labute approximate surface area is 199 Å². The van der Waals surface area contributed by atoms with Gasteiger partial charge in [0.05, 0.1) is 5.69 Å². The van der Waals surface area contributed by atoms with Crippen molar-refractivity contribution in [3.05, 3.63) is 83.9 Å². The van der Waals surface area contributed by atoms with Crippen LogP contribution < -0.4 is 9.64 Å². The first-order valence-corrected chi connectivity index (χ1v) is 11.6. The first-order chi connectivity index (χ1) is 16.6. The molecule has 34 heavy (non-hydrogen) atoms. The summed E-state index contributed by atoms with van der Waals surface area (Å²) in [7, 11) is 0. The molecule has 2 heterocycles. The zero-order valence-corrected chi connectivity index (χ0v) is 19.6. The Hall–Kier alpha value is -3.93. The molecule has 5 rings (SSSR count). The fraction of sp³-hybridized carbons (Fsp3) is 0.250. The summed E-state index contributed by atoms with van der Waals surface area (Å²) < 4.78 is 5.72. The maximum atomic E-state index is 12.6. The monoisotopic (exact) mass is 452 g/mol. The minimum absolute atomic E-state index is 0.00983. The predicted molar refractivity (Wildman–Crippen MR) is 135 cm³/mol. The second kappa shape index (κ2) is 9.51. The van der Waals surface area contributed by atoms with Crippen molar-refractivity contribution < 1.29 is 9.53 Å². The van der Waals surface area contributed by atoms with Crippen LogP contribution in [0.4, 0.5) is 5.82 Å². The highest BCUT2D eigenvalue weighted by Crippen LogP contribution is 2.24. The number of piperazine rings is 1. The number of hydrogen-bond acceptors (Lipinski definition) is 5. The molecule has 1 aliphatic rings. The summed E-state index contributed by atoms with van der Waals surface area (Å²) in [5.41, 5.74) is 4.28. The van der Waals surface area contributed by atoms with Crippen LogP contribution in [0.5, 0.6) is 5.75 Å². The van der Waals surface area contributed by atoms with Gasteiger partial charge in [-0.25, -0.2) is 0 Å². The van der Waals surface area contributed by atoms with Crippen LogP contribution in [0.1, 0.15) is 11.1 Å². The van der Waals surface area contributed by atoms with E-state index in [1.807, 2.05) is 54.3 Å². The van der Waals surface area contributed by atoms with E-state index in [-0.39, 0.29) is 12.5 Å². The third-order valence-electron chi connectivity index (χ3n) is 6.49. The van der Waals surface area contributed by atoms with Crippen molar-refractivity contribution in [2.24, 2.45) is 0 Å². The molecular formula is C28H28N4O2. The summed E-state index contributed by atoms with van der Waals surface area (Å²) in [6.45, 7) is 6.89. The normalized spacial score (nSPS) is 13.8. The first-order valence-electron chi connectivity index (χ1n) is 11.6. The largest absolute Gasteiger partial charge is 0.484 e. The van der Waals surface area contributed by atoms with Crippen LogP contribution >= 0.6 is 0 Å². The Balaban J connectivity index is 1.16. The van der Waals surface area contributed by atoms with E-state index < -0.39 is 0 Å². The lowest BCUT2D eigenvalue weighted by molar-refractivity contribution is -0.133. The van der Waals surface area contributed by atoms with Gasteiger partial charge in [0.1, 0.15) is 5.75 Å². The SMILES string of the molecule is Cc1ccc(OCC(=O)N2CCN(c3ccc(-c4ccc5ccccc5c4)nn3)CC2)cc1C. The van der Waals surface area contributed by atoms with E-state index in [0.29, 0.717) is 13.1 Å². The molecule has 0 atom stereocenters. The Kier molecular flexibility index (Phi) is 6.12. The third kappa shape index (κ3) is 4.71. The quantitative estimate of drug-likeness (QED) is 0.442. The Morgan fingerprint density at radius 3 is 2.35 bits per heavy atom. The molecular weight excluding hydrogens is 424 g/mol. The minimum atomic E-state index is 0.00983. The van der Waals surface area contributed by atoms with E-state index in [1.165, 1.54) is 16.3 Å². The number of rotatable bonds is 5. The number of aromatic nitrogens is 2. The van der Waals surface area contributed by atoms with Crippen LogP contribution in [0.25, 0.3) is 22.0 Å². The van der Waals surface area contributed by atoms with Crippen LogP contribution in [-0.2, 0) is 4.79 Å². The third-order valence-corrected chi connectivity index (χ3v) is 6.49. The van der Waals surface area contributed by atoms with Crippen molar-refractivity contribution in [1.82, 2.24) is 15.1 Å². The Bertz CT molecular complexity index is 1310. The summed E-state index contributed by atoms with van der Waals surface area (Å²) in [5, 5.41) is 11.3. The molecule has 0 unspecified atom stereocenters. The summed E-state index contributed by atoms with van der Waals surface area (Å²) in [4.78, 5) is 16.6. The van der Waals surface area contributed by atoms with E-state index >= 15 is 0 Å². The number of fused-ring (bicyclic) bond motifs is 1.